The molecule has 0 spiro atoms. The van der Waals surface area contributed by atoms with Crippen LogP contribution in [0.4, 0.5) is 24.1 Å². The smallest absolute Gasteiger partial charge is 0.489 e. The average Bonchev–Trinajstić information content (AvgIpc) is 3.60. The molecule has 15 heteroatoms. The summed E-state index contributed by atoms with van der Waals surface area (Å²) in [6.07, 6.45) is -3.34. The Morgan fingerprint density at radius 2 is 1.83 bits per heavy atom. The van der Waals surface area contributed by atoms with Crippen molar-refractivity contribution >= 4 is 32.5 Å². The van der Waals surface area contributed by atoms with Gasteiger partial charge in [0, 0.05) is 37.7 Å². The average molecular weight is 591 g/mol. The largest absolute Gasteiger partial charge is 0.573 e. The molecule has 0 bridgehead atoms. The third kappa shape index (κ3) is 6.15. The van der Waals surface area contributed by atoms with Crippen LogP contribution in [0.15, 0.2) is 48.7 Å². The molecule has 0 N–H and O–H groups in total. The molecule has 1 saturated heterocycles. The monoisotopic (exact) mass is 590 g/mol. The highest BCUT2D eigenvalue weighted by atomic mass is 32.1. The molecule has 1 atom stereocenters. The van der Waals surface area contributed by atoms with E-state index in [2.05, 4.69) is 19.5 Å². The summed E-state index contributed by atoms with van der Waals surface area (Å²) >= 11 is 1.58. The second kappa shape index (κ2) is 10.4. The minimum Gasteiger partial charge on any atom is -0.489 e. The van der Waals surface area contributed by atoms with E-state index >= 15 is 0 Å². The molecule has 2 aliphatic heterocycles. The van der Waals surface area contributed by atoms with Gasteiger partial charge in [0.25, 0.3) is 0 Å². The van der Waals surface area contributed by atoms with Crippen molar-refractivity contribution < 1.29 is 32.3 Å². The number of piperazine rings is 1. The maximum absolute atomic E-state index is 12.4. The number of nitrogens with zero attached hydrogens (tertiary/aromatic N) is 6. The first kappa shape index (κ1) is 27.1. The molecule has 4 heterocycles. The molecule has 4 aromatic rings. The first-order chi connectivity index (χ1) is 19.5. The van der Waals surface area contributed by atoms with Crippen LogP contribution in [0.5, 0.6) is 17.5 Å². The van der Waals surface area contributed by atoms with E-state index < -0.39 is 16.9 Å². The molecule has 0 aliphatic carbocycles. The van der Waals surface area contributed by atoms with Gasteiger partial charge in [-0.25, -0.2) is 4.98 Å². The minimum absolute atomic E-state index is 0.207. The molecular formula is C26H25F3N6O5S. The van der Waals surface area contributed by atoms with Gasteiger partial charge in [-0.2, -0.15) is 0 Å². The van der Waals surface area contributed by atoms with Gasteiger partial charge in [-0.05, 0) is 47.7 Å². The summed E-state index contributed by atoms with van der Waals surface area (Å²) in [5.41, 5.74) is 1.09. The topological polar surface area (TPSA) is 108 Å². The van der Waals surface area contributed by atoms with Crippen LogP contribution in [0.2, 0.25) is 0 Å². The first-order valence-corrected chi connectivity index (χ1v) is 13.6. The molecule has 41 heavy (non-hydrogen) atoms. The fraction of sp³-hybridized carbons (Fsp3) is 0.385. The molecule has 0 saturated carbocycles. The molecular weight excluding hydrogens is 565 g/mol. The summed E-state index contributed by atoms with van der Waals surface area (Å²) in [7, 11) is 0. The van der Waals surface area contributed by atoms with Crippen molar-refractivity contribution in [3.05, 3.63) is 64.3 Å². The number of rotatable bonds is 8. The van der Waals surface area contributed by atoms with Crippen LogP contribution in [0, 0.1) is 10.1 Å². The van der Waals surface area contributed by atoms with Gasteiger partial charge in [0.15, 0.2) is 10.7 Å². The number of fused-ring (bicyclic) bond motifs is 2. The number of imidazole rings is 1. The summed E-state index contributed by atoms with van der Waals surface area (Å²) in [5, 5.41) is 11.8. The predicted molar refractivity (Wildman–Crippen MR) is 144 cm³/mol. The van der Waals surface area contributed by atoms with Gasteiger partial charge in [0.05, 0.1) is 16.8 Å². The highest BCUT2D eigenvalue weighted by molar-refractivity contribution is 7.22. The molecule has 6 rings (SSSR count). The zero-order chi connectivity index (χ0) is 28.8. The Kier molecular flexibility index (Phi) is 6.85. The van der Waals surface area contributed by atoms with Crippen molar-refractivity contribution in [3.8, 4) is 17.5 Å². The van der Waals surface area contributed by atoms with E-state index in [1.165, 1.54) is 18.3 Å². The number of hydrogen-bond donors (Lipinski definition) is 0. The Labute approximate surface area is 235 Å². The van der Waals surface area contributed by atoms with Gasteiger partial charge in [-0.3, -0.25) is 9.47 Å². The lowest BCUT2D eigenvalue weighted by Crippen LogP contribution is -2.45. The van der Waals surface area contributed by atoms with Crippen LogP contribution in [-0.4, -0.2) is 69.1 Å². The Morgan fingerprint density at radius 1 is 1.10 bits per heavy atom. The van der Waals surface area contributed by atoms with Gasteiger partial charge in [-0.1, -0.05) is 23.5 Å². The van der Waals surface area contributed by atoms with Gasteiger partial charge in [-0.15, -0.1) is 13.2 Å². The maximum atomic E-state index is 12.4. The van der Waals surface area contributed by atoms with E-state index in [-0.39, 0.29) is 24.2 Å². The van der Waals surface area contributed by atoms with E-state index in [1.54, 1.807) is 28.0 Å². The van der Waals surface area contributed by atoms with Crippen LogP contribution in [0.1, 0.15) is 12.5 Å². The Hall–Kier alpha value is -4.11. The third-order valence-corrected chi connectivity index (χ3v) is 7.93. The highest BCUT2D eigenvalue weighted by Gasteiger charge is 2.41. The van der Waals surface area contributed by atoms with Crippen LogP contribution >= 0.6 is 11.3 Å². The van der Waals surface area contributed by atoms with Gasteiger partial charge in [0.2, 0.25) is 0 Å². The summed E-state index contributed by atoms with van der Waals surface area (Å²) in [5.74, 6) is 0.200. The van der Waals surface area contributed by atoms with Crippen molar-refractivity contribution in [2.24, 2.45) is 0 Å². The van der Waals surface area contributed by atoms with Crippen molar-refractivity contribution in [1.82, 2.24) is 19.4 Å². The SMILES string of the molecule is C[C@@]1(COc2ccc3nc(N4CCN(Cc5ccc(OC(F)(F)F)cc5)CC4)sc3c2)Cn2cc([N+](=O)[O-])nc2O1. The van der Waals surface area contributed by atoms with Crippen LogP contribution in [0.25, 0.3) is 10.2 Å². The lowest BCUT2D eigenvalue weighted by atomic mass is 10.1. The number of hydrogen-bond acceptors (Lipinski definition) is 10. The number of nitro groups is 1. The number of alkyl halides is 3. The van der Waals surface area contributed by atoms with Crippen LogP contribution < -0.4 is 19.1 Å². The van der Waals surface area contributed by atoms with Gasteiger partial charge < -0.3 is 29.2 Å². The number of ether oxygens (including phenoxy) is 3. The number of aromatic nitrogens is 3. The van der Waals surface area contributed by atoms with E-state index in [4.69, 9.17) is 14.5 Å². The second-order valence-electron chi connectivity index (χ2n) is 10.2. The summed E-state index contributed by atoms with van der Waals surface area (Å²) in [6.45, 7) is 6.29. The van der Waals surface area contributed by atoms with Crippen molar-refractivity contribution in [2.45, 2.75) is 32.0 Å². The molecule has 0 amide bonds. The first-order valence-electron chi connectivity index (χ1n) is 12.8. The van der Waals surface area contributed by atoms with Gasteiger partial charge >= 0.3 is 18.2 Å². The van der Waals surface area contributed by atoms with E-state index in [1.807, 2.05) is 25.1 Å². The fourth-order valence-corrected chi connectivity index (χ4v) is 5.91. The molecule has 2 aromatic heterocycles. The third-order valence-electron chi connectivity index (χ3n) is 6.86. The van der Waals surface area contributed by atoms with E-state index in [9.17, 15) is 23.3 Å². The van der Waals surface area contributed by atoms with Gasteiger partial charge in [0.1, 0.15) is 24.3 Å². The summed E-state index contributed by atoms with van der Waals surface area (Å²) in [4.78, 5) is 23.6. The molecule has 1 fully saturated rings. The lowest BCUT2D eigenvalue weighted by molar-refractivity contribution is -0.389. The minimum atomic E-state index is -4.70. The zero-order valence-corrected chi connectivity index (χ0v) is 22.7. The summed E-state index contributed by atoms with van der Waals surface area (Å²) < 4.78 is 55.6. The molecule has 11 nitrogen and oxygen atoms in total. The summed E-state index contributed by atoms with van der Waals surface area (Å²) in [6, 6.07) is 11.9. The fourth-order valence-electron chi connectivity index (χ4n) is 4.86. The number of thiazole rings is 1. The Balaban J connectivity index is 1.02. The predicted octanol–water partition coefficient (Wildman–Crippen LogP) is 4.85. The zero-order valence-electron chi connectivity index (χ0n) is 21.8. The second-order valence-corrected chi connectivity index (χ2v) is 11.2. The standard InChI is InChI=1S/C26H25F3N6O5S/c1-25(15-34-14-22(35(36)37)31-23(34)40-25)16-38-19-6-7-20-21(12-19)41-24(30-20)33-10-8-32(9-11-33)13-17-2-4-18(5-3-17)39-26(27,28)29/h2-7,12,14H,8-11,13,15-16H2,1H3/t25-/m0/s1. The Morgan fingerprint density at radius 3 is 2.51 bits per heavy atom. The highest BCUT2D eigenvalue weighted by Crippen LogP contribution is 2.34. The number of anilines is 1. The molecule has 2 aliphatic rings. The quantitative estimate of drug-likeness (QED) is 0.210. The molecule has 0 radical (unpaired) electrons. The van der Waals surface area contributed by atoms with Crippen molar-refractivity contribution in [3.63, 3.8) is 0 Å². The van der Waals surface area contributed by atoms with E-state index in [0.717, 1.165) is 47.1 Å². The van der Waals surface area contributed by atoms with Crippen LogP contribution in [0.3, 0.4) is 0 Å². The molecule has 2 aromatic carbocycles. The number of benzene rings is 2. The van der Waals surface area contributed by atoms with Crippen molar-refractivity contribution in [2.75, 3.05) is 37.7 Å². The van der Waals surface area contributed by atoms with Crippen LogP contribution in [-0.2, 0) is 13.1 Å². The molecule has 216 valence electrons. The van der Waals surface area contributed by atoms with Crippen molar-refractivity contribution in [1.29, 1.82) is 0 Å². The maximum Gasteiger partial charge on any atom is 0.573 e. The Bertz CT molecular complexity index is 1540. The lowest BCUT2D eigenvalue weighted by Gasteiger charge is -2.34. The normalized spacial score (nSPS) is 19.3. The van der Waals surface area contributed by atoms with E-state index in [0.29, 0.717) is 18.8 Å². The molecule has 0 unspecified atom stereocenters. The number of halogens is 3.